The molecule has 27 heavy (non-hydrogen) atoms. The van der Waals surface area contributed by atoms with Gasteiger partial charge in [-0.05, 0) is 43.0 Å². The minimum Gasteiger partial charge on any atom is -0.365 e. The maximum Gasteiger partial charge on any atom is 0.417 e. The molecule has 0 amide bonds. The number of alkyl halides is 3. The highest BCUT2D eigenvalue weighted by molar-refractivity contribution is 5.60. The second kappa shape index (κ2) is 6.72. The summed E-state index contributed by atoms with van der Waals surface area (Å²) in [5.41, 5.74) is -0.0726. The van der Waals surface area contributed by atoms with Crippen molar-refractivity contribution in [1.82, 2.24) is 14.8 Å². The van der Waals surface area contributed by atoms with Crippen molar-refractivity contribution >= 4 is 11.4 Å². The summed E-state index contributed by atoms with van der Waals surface area (Å²) in [6.07, 6.45) is 1.25. The molecule has 0 bridgehead atoms. The summed E-state index contributed by atoms with van der Waals surface area (Å²) < 4.78 is 41.8. The van der Waals surface area contributed by atoms with Gasteiger partial charge in [-0.3, -0.25) is 0 Å². The third-order valence-electron chi connectivity index (χ3n) is 4.94. The minimum absolute atomic E-state index is 0.115. The SMILES string of the molecule is CCN(c1ccc(C#N)c(C(F)(F)F)c1)C1C=C(n2cncn2)CC1(C)C. The molecule has 1 heterocycles. The highest BCUT2D eigenvalue weighted by Gasteiger charge is 2.40. The average molecular weight is 375 g/mol. The van der Waals surface area contributed by atoms with Crippen molar-refractivity contribution in [2.24, 2.45) is 5.41 Å². The second-order valence-corrected chi connectivity index (χ2v) is 7.23. The van der Waals surface area contributed by atoms with Crippen molar-refractivity contribution < 1.29 is 13.2 Å². The van der Waals surface area contributed by atoms with E-state index >= 15 is 0 Å². The summed E-state index contributed by atoms with van der Waals surface area (Å²) >= 11 is 0. The average Bonchev–Trinajstić information content (AvgIpc) is 3.23. The molecule has 5 nitrogen and oxygen atoms in total. The third-order valence-corrected chi connectivity index (χ3v) is 4.94. The van der Waals surface area contributed by atoms with Crippen LogP contribution in [0.15, 0.2) is 36.9 Å². The summed E-state index contributed by atoms with van der Waals surface area (Å²) in [6, 6.07) is 5.40. The second-order valence-electron chi connectivity index (χ2n) is 7.23. The zero-order valence-electron chi connectivity index (χ0n) is 15.3. The molecule has 1 unspecified atom stereocenters. The predicted molar refractivity (Wildman–Crippen MR) is 95.7 cm³/mol. The first-order valence-electron chi connectivity index (χ1n) is 8.61. The number of likely N-dealkylation sites (N-methyl/N-ethyl adjacent to an activating group) is 1. The Morgan fingerprint density at radius 3 is 2.67 bits per heavy atom. The number of rotatable bonds is 4. The highest BCUT2D eigenvalue weighted by atomic mass is 19.4. The van der Waals surface area contributed by atoms with Gasteiger partial charge in [-0.2, -0.15) is 23.5 Å². The number of allylic oxidation sites excluding steroid dienone is 1. The van der Waals surface area contributed by atoms with Gasteiger partial charge in [-0.1, -0.05) is 13.8 Å². The van der Waals surface area contributed by atoms with Gasteiger partial charge in [0.25, 0.3) is 0 Å². The molecular formula is C19H20F3N5. The molecule has 2 aromatic rings. The van der Waals surface area contributed by atoms with E-state index in [0.717, 1.165) is 18.2 Å². The summed E-state index contributed by atoms with van der Waals surface area (Å²) in [4.78, 5) is 5.89. The van der Waals surface area contributed by atoms with E-state index in [0.29, 0.717) is 12.2 Å². The molecule has 0 radical (unpaired) electrons. The van der Waals surface area contributed by atoms with Gasteiger partial charge >= 0.3 is 6.18 Å². The Labute approximate surface area is 155 Å². The van der Waals surface area contributed by atoms with Crippen LogP contribution in [-0.4, -0.2) is 27.4 Å². The normalized spacial score (nSPS) is 18.9. The van der Waals surface area contributed by atoms with Crippen molar-refractivity contribution in [1.29, 1.82) is 5.26 Å². The van der Waals surface area contributed by atoms with Crippen LogP contribution in [0, 0.1) is 16.7 Å². The van der Waals surface area contributed by atoms with Gasteiger partial charge in [-0.25, -0.2) is 9.67 Å². The van der Waals surface area contributed by atoms with Gasteiger partial charge in [0.15, 0.2) is 0 Å². The summed E-state index contributed by atoms with van der Waals surface area (Å²) in [6.45, 7) is 6.59. The Hall–Kier alpha value is -2.82. The third kappa shape index (κ3) is 3.54. The molecule has 3 rings (SSSR count). The van der Waals surface area contributed by atoms with Gasteiger partial charge in [-0.15, -0.1) is 0 Å². The van der Waals surface area contributed by atoms with Crippen molar-refractivity contribution in [3.8, 4) is 6.07 Å². The Morgan fingerprint density at radius 1 is 1.37 bits per heavy atom. The van der Waals surface area contributed by atoms with E-state index in [9.17, 15) is 13.2 Å². The van der Waals surface area contributed by atoms with Gasteiger partial charge in [0.05, 0.1) is 23.2 Å². The number of benzene rings is 1. The molecule has 1 atom stereocenters. The number of nitriles is 1. The lowest BCUT2D eigenvalue weighted by molar-refractivity contribution is -0.137. The topological polar surface area (TPSA) is 57.7 Å². The Morgan fingerprint density at radius 2 is 2.11 bits per heavy atom. The maximum absolute atomic E-state index is 13.4. The van der Waals surface area contributed by atoms with Crippen LogP contribution in [0.4, 0.5) is 18.9 Å². The number of aromatic nitrogens is 3. The van der Waals surface area contributed by atoms with E-state index in [4.69, 9.17) is 5.26 Å². The fraction of sp³-hybridized carbons (Fsp3) is 0.421. The van der Waals surface area contributed by atoms with E-state index in [2.05, 4.69) is 23.9 Å². The number of nitrogens with zero attached hydrogens (tertiary/aromatic N) is 5. The van der Waals surface area contributed by atoms with Crippen molar-refractivity contribution in [3.05, 3.63) is 48.1 Å². The molecule has 0 saturated heterocycles. The van der Waals surface area contributed by atoms with Gasteiger partial charge in [0, 0.05) is 17.9 Å². The molecular weight excluding hydrogens is 355 g/mol. The van der Waals surface area contributed by atoms with Gasteiger partial charge in [0.1, 0.15) is 12.7 Å². The van der Waals surface area contributed by atoms with E-state index in [1.165, 1.54) is 12.4 Å². The fourth-order valence-corrected chi connectivity index (χ4v) is 3.65. The van der Waals surface area contributed by atoms with Crippen molar-refractivity contribution in [2.75, 3.05) is 11.4 Å². The molecule has 142 valence electrons. The van der Waals surface area contributed by atoms with E-state index in [1.54, 1.807) is 23.1 Å². The molecule has 1 aromatic carbocycles. The van der Waals surface area contributed by atoms with Crippen LogP contribution < -0.4 is 4.90 Å². The lowest BCUT2D eigenvalue weighted by atomic mass is 9.84. The summed E-state index contributed by atoms with van der Waals surface area (Å²) in [7, 11) is 0. The molecule has 1 aliphatic rings. The van der Waals surface area contributed by atoms with E-state index in [-0.39, 0.29) is 17.0 Å². The van der Waals surface area contributed by atoms with Crippen LogP contribution in [0.25, 0.3) is 5.70 Å². The van der Waals surface area contributed by atoms with Gasteiger partial charge in [0.2, 0.25) is 0 Å². The molecule has 1 aromatic heterocycles. The zero-order chi connectivity index (χ0) is 19.8. The van der Waals surface area contributed by atoms with Gasteiger partial charge < -0.3 is 4.90 Å². The van der Waals surface area contributed by atoms with Crippen LogP contribution >= 0.6 is 0 Å². The molecule has 8 heteroatoms. The van der Waals surface area contributed by atoms with Crippen LogP contribution in [0.3, 0.4) is 0 Å². The molecule has 0 spiro atoms. The number of hydrogen-bond acceptors (Lipinski definition) is 4. The maximum atomic E-state index is 13.4. The Bertz CT molecular complexity index is 891. The molecule has 0 fully saturated rings. The molecule has 0 aliphatic heterocycles. The number of halogens is 3. The van der Waals surface area contributed by atoms with E-state index in [1.807, 2.05) is 17.9 Å². The molecule has 0 N–H and O–H groups in total. The highest BCUT2D eigenvalue weighted by Crippen LogP contribution is 2.43. The zero-order valence-corrected chi connectivity index (χ0v) is 15.3. The largest absolute Gasteiger partial charge is 0.417 e. The van der Waals surface area contributed by atoms with Crippen LogP contribution in [0.5, 0.6) is 0 Å². The van der Waals surface area contributed by atoms with Crippen LogP contribution in [-0.2, 0) is 6.18 Å². The minimum atomic E-state index is -4.58. The smallest absolute Gasteiger partial charge is 0.365 e. The first-order chi connectivity index (χ1) is 12.7. The lowest BCUT2D eigenvalue weighted by Crippen LogP contribution is -2.42. The fourth-order valence-electron chi connectivity index (χ4n) is 3.65. The van der Waals surface area contributed by atoms with Crippen molar-refractivity contribution in [3.63, 3.8) is 0 Å². The summed E-state index contributed by atoms with van der Waals surface area (Å²) in [5, 5.41) is 13.2. The predicted octanol–water partition coefficient (Wildman–Crippen LogP) is 4.33. The van der Waals surface area contributed by atoms with E-state index < -0.39 is 11.7 Å². The monoisotopic (exact) mass is 375 g/mol. The summed E-state index contributed by atoms with van der Waals surface area (Å²) in [5.74, 6) is 0. The number of anilines is 1. The first kappa shape index (κ1) is 19.0. The quantitative estimate of drug-likeness (QED) is 0.798. The van der Waals surface area contributed by atoms with Crippen LogP contribution in [0.2, 0.25) is 0 Å². The van der Waals surface area contributed by atoms with Crippen molar-refractivity contribution in [2.45, 2.75) is 39.4 Å². The molecule has 0 saturated carbocycles. The van der Waals surface area contributed by atoms with Crippen LogP contribution in [0.1, 0.15) is 38.3 Å². The number of hydrogen-bond donors (Lipinski definition) is 0. The molecule has 1 aliphatic carbocycles. The Balaban J connectivity index is 2.03. The standard InChI is InChI=1S/C19H20F3N5/c1-4-26(14-6-5-13(10-23)16(7-14)19(20,21)22)17-8-15(9-18(17,2)3)27-12-24-11-25-27/h5-8,11-12,17H,4,9H2,1-3H3. The Kier molecular flexibility index (Phi) is 4.72. The lowest BCUT2D eigenvalue weighted by Gasteiger charge is -2.38. The first-order valence-corrected chi connectivity index (χ1v) is 8.61.